The summed E-state index contributed by atoms with van der Waals surface area (Å²) in [7, 11) is 0. The topological polar surface area (TPSA) is 61.4 Å². The Morgan fingerprint density at radius 3 is 2.62 bits per heavy atom. The predicted octanol–water partition coefficient (Wildman–Crippen LogP) is 3.84. The first-order chi connectivity index (χ1) is 11.5. The average Bonchev–Trinajstić information content (AvgIpc) is 2.56. The standard InChI is InChI=1S/C17H13BrClNO4/c18-11-2-5-13(6-3-11)23-9-1-8-20-15-7-4-12(19)10-14(15)16(21)24-17(20)22/h2-7,10H,1,8-9H2. The number of hydrogen-bond acceptors (Lipinski definition) is 4. The van der Waals surface area contributed by atoms with E-state index < -0.39 is 11.4 Å². The van der Waals surface area contributed by atoms with Crippen LogP contribution in [0.15, 0.2) is 60.9 Å². The van der Waals surface area contributed by atoms with E-state index >= 15 is 0 Å². The van der Waals surface area contributed by atoms with Crippen LogP contribution in [0.5, 0.6) is 5.75 Å². The molecule has 24 heavy (non-hydrogen) atoms. The van der Waals surface area contributed by atoms with Crippen LogP contribution in [0.1, 0.15) is 6.42 Å². The van der Waals surface area contributed by atoms with Crippen molar-refractivity contribution in [3.05, 3.63) is 72.9 Å². The van der Waals surface area contributed by atoms with E-state index in [9.17, 15) is 9.59 Å². The van der Waals surface area contributed by atoms with Gasteiger partial charge in [0.25, 0.3) is 0 Å². The summed E-state index contributed by atoms with van der Waals surface area (Å²) in [5.74, 6) is 0.0697. The van der Waals surface area contributed by atoms with E-state index in [1.165, 1.54) is 10.6 Å². The second kappa shape index (κ2) is 7.23. The van der Waals surface area contributed by atoms with Gasteiger partial charge in [0.2, 0.25) is 0 Å². The fourth-order valence-corrected chi connectivity index (χ4v) is 2.79. The van der Waals surface area contributed by atoms with Crippen LogP contribution < -0.4 is 16.1 Å². The summed E-state index contributed by atoms with van der Waals surface area (Å²) in [6.07, 6.45) is 0.585. The van der Waals surface area contributed by atoms with Gasteiger partial charge in [-0.1, -0.05) is 27.5 Å². The summed E-state index contributed by atoms with van der Waals surface area (Å²) in [4.78, 5) is 23.7. The van der Waals surface area contributed by atoms with Gasteiger partial charge in [-0.3, -0.25) is 4.57 Å². The van der Waals surface area contributed by atoms with Crippen LogP contribution in [0.25, 0.3) is 10.9 Å². The van der Waals surface area contributed by atoms with Crippen molar-refractivity contribution in [2.24, 2.45) is 0 Å². The molecule has 3 rings (SSSR count). The second-order valence-electron chi connectivity index (χ2n) is 5.12. The van der Waals surface area contributed by atoms with Gasteiger partial charge in [0.05, 0.1) is 17.5 Å². The van der Waals surface area contributed by atoms with Crippen molar-refractivity contribution in [3.8, 4) is 5.75 Å². The highest BCUT2D eigenvalue weighted by Crippen LogP contribution is 2.17. The maximum Gasteiger partial charge on any atom is 0.422 e. The van der Waals surface area contributed by atoms with Gasteiger partial charge < -0.3 is 9.15 Å². The SMILES string of the molecule is O=c1oc(=O)n(CCCOc2ccc(Br)cc2)c2ccc(Cl)cc12. The molecule has 0 aliphatic carbocycles. The van der Waals surface area contributed by atoms with Gasteiger partial charge in [0.15, 0.2) is 0 Å². The first kappa shape index (κ1) is 16.8. The second-order valence-corrected chi connectivity index (χ2v) is 6.48. The lowest BCUT2D eigenvalue weighted by Gasteiger charge is -2.10. The van der Waals surface area contributed by atoms with E-state index in [0.29, 0.717) is 30.1 Å². The molecule has 0 amide bonds. The normalized spacial score (nSPS) is 10.9. The fourth-order valence-electron chi connectivity index (χ4n) is 2.35. The van der Waals surface area contributed by atoms with Gasteiger partial charge in [-0.15, -0.1) is 0 Å². The third-order valence-corrected chi connectivity index (χ3v) is 4.24. The maximum absolute atomic E-state index is 12.0. The van der Waals surface area contributed by atoms with Gasteiger partial charge in [-0.2, -0.15) is 0 Å². The van der Waals surface area contributed by atoms with Crippen LogP contribution >= 0.6 is 27.5 Å². The molecule has 5 nitrogen and oxygen atoms in total. The minimum Gasteiger partial charge on any atom is -0.494 e. The average molecular weight is 411 g/mol. The number of aryl methyl sites for hydroxylation is 1. The monoisotopic (exact) mass is 409 g/mol. The molecule has 0 saturated heterocycles. The van der Waals surface area contributed by atoms with Gasteiger partial charge in [-0.25, -0.2) is 9.59 Å². The first-order valence-electron chi connectivity index (χ1n) is 7.26. The molecule has 0 saturated carbocycles. The van der Waals surface area contributed by atoms with Crippen molar-refractivity contribution in [2.75, 3.05) is 6.61 Å². The number of benzene rings is 2. The number of fused-ring (bicyclic) bond motifs is 1. The highest BCUT2D eigenvalue weighted by atomic mass is 79.9. The molecule has 0 unspecified atom stereocenters. The largest absolute Gasteiger partial charge is 0.494 e. The van der Waals surface area contributed by atoms with Gasteiger partial charge >= 0.3 is 11.4 Å². The Kier molecular flexibility index (Phi) is 5.06. The zero-order chi connectivity index (χ0) is 17.1. The lowest BCUT2D eigenvalue weighted by molar-refractivity contribution is 0.296. The van der Waals surface area contributed by atoms with Crippen molar-refractivity contribution in [1.82, 2.24) is 4.57 Å². The quantitative estimate of drug-likeness (QED) is 0.600. The number of ether oxygens (including phenoxy) is 1. The van der Waals surface area contributed by atoms with E-state index in [4.69, 9.17) is 20.8 Å². The van der Waals surface area contributed by atoms with Gasteiger partial charge in [-0.05, 0) is 48.9 Å². The molecule has 0 radical (unpaired) electrons. The number of hydrogen-bond donors (Lipinski definition) is 0. The van der Waals surface area contributed by atoms with Crippen molar-refractivity contribution in [3.63, 3.8) is 0 Å². The minimum absolute atomic E-state index is 0.288. The summed E-state index contributed by atoms with van der Waals surface area (Å²) >= 11 is 9.26. The Bertz CT molecular complexity index is 979. The molecule has 0 aliphatic rings. The lowest BCUT2D eigenvalue weighted by atomic mass is 10.2. The Morgan fingerprint density at radius 1 is 1.12 bits per heavy atom. The molecule has 1 aromatic heterocycles. The zero-order valence-corrected chi connectivity index (χ0v) is 14.8. The summed E-state index contributed by atoms with van der Waals surface area (Å²) in [5.41, 5.74) is -0.177. The van der Waals surface area contributed by atoms with E-state index in [2.05, 4.69) is 15.9 Å². The molecular weight excluding hydrogens is 398 g/mol. The zero-order valence-electron chi connectivity index (χ0n) is 12.5. The van der Waals surface area contributed by atoms with Crippen LogP contribution in [0.2, 0.25) is 5.02 Å². The molecular formula is C17H13BrClNO4. The molecule has 0 bridgehead atoms. The van der Waals surface area contributed by atoms with E-state index in [1.807, 2.05) is 24.3 Å². The van der Waals surface area contributed by atoms with Crippen molar-refractivity contribution >= 4 is 38.4 Å². The number of halogens is 2. The Hall–Kier alpha value is -2.05. The lowest BCUT2D eigenvalue weighted by Crippen LogP contribution is -2.25. The molecule has 7 heteroatoms. The third-order valence-electron chi connectivity index (χ3n) is 3.48. The van der Waals surface area contributed by atoms with Crippen LogP contribution in [0, 0.1) is 0 Å². The van der Waals surface area contributed by atoms with Crippen LogP contribution in [-0.4, -0.2) is 11.2 Å². The fraction of sp³-hybridized carbons (Fsp3) is 0.176. The molecule has 0 fully saturated rings. The molecule has 2 aromatic carbocycles. The van der Waals surface area contributed by atoms with Crippen molar-refractivity contribution in [1.29, 1.82) is 0 Å². The highest BCUT2D eigenvalue weighted by molar-refractivity contribution is 9.10. The smallest absolute Gasteiger partial charge is 0.422 e. The van der Waals surface area contributed by atoms with Crippen LogP contribution in [0.4, 0.5) is 0 Å². The van der Waals surface area contributed by atoms with Gasteiger partial charge in [0, 0.05) is 16.0 Å². The molecule has 124 valence electrons. The van der Waals surface area contributed by atoms with Gasteiger partial charge in [0.1, 0.15) is 5.75 Å². The van der Waals surface area contributed by atoms with E-state index in [0.717, 1.165) is 10.2 Å². The highest BCUT2D eigenvalue weighted by Gasteiger charge is 2.09. The molecule has 0 aliphatic heterocycles. The maximum atomic E-state index is 12.0. The summed E-state index contributed by atoms with van der Waals surface area (Å²) in [6.45, 7) is 0.805. The number of aromatic nitrogens is 1. The molecule has 0 atom stereocenters. The summed E-state index contributed by atoms with van der Waals surface area (Å²) in [6, 6.07) is 12.3. The number of nitrogens with zero attached hydrogens (tertiary/aromatic N) is 1. The molecule has 3 aromatic rings. The predicted molar refractivity (Wildman–Crippen MR) is 96.0 cm³/mol. The molecule has 0 spiro atoms. The third kappa shape index (κ3) is 3.71. The molecule has 0 N–H and O–H groups in total. The Labute approximate surface area is 150 Å². The minimum atomic E-state index is -0.682. The van der Waals surface area contributed by atoms with Crippen molar-refractivity contribution < 1.29 is 9.15 Å². The van der Waals surface area contributed by atoms with Crippen LogP contribution in [-0.2, 0) is 6.54 Å². The Morgan fingerprint density at radius 2 is 1.88 bits per heavy atom. The first-order valence-corrected chi connectivity index (χ1v) is 8.43. The van der Waals surface area contributed by atoms with E-state index in [1.54, 1.807) is 12.1 Å². The molecule has 1 heterocycles. The summed E-state index contributed by atoms with van der Waals surface area (Å²) < 4.78 is 12.8. The van der Waals surface area contributed by atoms with Crippen LogP contribution in [0.3, 0.4) is 0 Å². The Balaban J connectivity index is 1.74. The van der Waals surface area contributed by atoms with Crippen molar-refractivity contribution in [2.45, 2.75) is 13.0 Å². The number of rotatable bonds is 5. The summed E-state index contributed by atoms with van der Waals surface area (Å²) in [5, 5.41) is 0.703. The van der Waals surface area contributed by atoms with E-state index in [-0.39, 0.29) is 5.39 Å².